The van der Waals surface area contributed by atoms with E-state index in [0.717, 1.165) is 36.4 Å². The summed E-state index contributed by atoms with van der Waals surface area (Å²) in [6, 6.07) is 8.95. The SMILES string of the molecule is CN1CCN(c2cc3c(c(C(F)(F)F)c2)N=c2ccc(N(C)C)cc2=S3I)CC1. The zero-order valence-corrected chi connectivity index (χ0v) is 19.4. The van der Waals surface area contributed by atoms with E-state index in [1.54, 1.807) is 0 Å². The first kappa shape index (κ1) is 20.9. The summed E-state index contributed by atoms with van der Waals surface area (Å²) in [5, 5.41) is 0.624. The van der Waals surface area contributed by atoms with Gasteiger partial charge in [-0.05, 0) is 58.6 Å². The van der Waals surface area contributed by atoms with Gasteiger partial charge in [0.15, 0.2) is 0 Å². The number of benzene rings is 2. The lowest BCUT2D eigenvalue weighted by Crippen LogP contribution is -2.44. The Morgan fingerprint density at radius 3 is 2.38 bits per heavy atom. The summed E-state index contributed by atoms with van der Waals surface area (Å²) in [5.74, 6) is 0. The summed E-state index contributed by atoms with van der Waals surface area (Å²) < 4.78 is 42.9. The van der Waals surface area contributed by atoms with E-state index in [-0.39, 0.29) is 5.69 Å². The van der Waals surface area contributed by atoms with Crippen LogP contribution in [0.15, 0.2) is 40.2 Å². The van der Waals surface area contributed by atoms with Gasteiger partial charge in [-0.25, -0.2) is 4.99 Å². The zero-order valence-electron chi connectivity index (χ0n) is 16.4. The molecule has 0 aromatic heterocycles. The Kier molecular flexibility index (Phi) is 5.58. The van der Waals surface area contributed by atoms with Crippen LogP contribution in [0.4, 0.5) is 30.2 Å². The number of rotatable bonds is 2. The zero-order chi connectivity index (χ0) is 20.9. The number of halogens is 4. The van der Waals surface area contributed by atoms with E-state index in [0.29, 0.717) is 15.9 Å². The van der Waals surface area contributed by atoms with Crippen molar-refractivity contribution in [2.45, 2.75) is 11.1 Å². The normalized spacial score (nSPS) is 19.4. The molecule has 0 bridgehead atoms. The molecule has 0 spiro atoms. The van der Waals surface area contributed by atoms with Gasteiger partial charge in [0.1, 0.15) is 0 Å². The van der Waals surface area contributed by atoms with Crippen LogP contribution in [-0.4, -0.2) is 52.2 Å². The Balaban J connectivity index is 1.92. The summed E-state index contributed by atoms with van der Waals surface area (Å²) >= 11 is 2.27. The Morgan fingerprint density at radius 1 is 1.07 bits per heavy atom. The number of fused-ring (bicyclic) bond motifs is 2. The highest BCUT2D eigenvalue weighted by atomic mass is 127. The van der Waals surface area contributed by atoms with Crippen LogP contribution < -0.4 is 15.2 Å². The van der Waals surface area contributed by atoms with Crippen molar-refractivity contribution < 1.29 is 13.2 Å². The molecule has 1 fully saturated rings. The lowest BCUT2D eigenvalue weighted by molar-refractivity contribution is -0.137. The lowest BCUT2D eigenvalue weighted by Gasteiger charge is -2.35. The molecule has 0 amide bonds. The molecule has 156 valence electrons. The summed E-state index contributed by atoms with van der Waals surface area (Å²) in [6.07, 6.45) is -4.45. The minimum atomic E-state index is -4.45. The van der Waals surface area contributed by atoms with E-state index in [1.807, 2.05) is 50.3 Å². The molecule has 1 unspecified atom stereocenters. The number of anilines is 2. The van der Waals surface area contributed by atoms with E-state index in [1.165, 1.54) is 6.07 Å². The maximum absolute atomic E-state index is 14.0. The Bertz CT molecular complexity index is 1080. The monoisotopic (exact) mass is 534 g/mol. The van der Waals surface area contributed by atoms with Crippen LogP contribution in [0.25, 0.3) is 0 Å². The van der Waals surface area contributed by atoms with Crippen molar-refractivity contribution in [2.24, 2.45) is 4.99 Å². The van der Waals surface area contributed by atoms with Gasteiger partial charge < -0.3 is 14.7 Å². The van der Waals surface area contributed by atoms with Crippen LogP contribution in [0.3, 0.4) is 0 Å². The first-order chi connectivity index (χ1) is 13.6. The molecule has 4 nitrogen and oxygen atoms in total. The van der Waals surface area contributed by atoms with Gasteiger partial charge >= 0.3 is 6.18 Å². The van der Waals surface area contributed by atoms with Crippen LogP contribution in [0, 0.1) is 4.51 Å². The average molecular weight is 534 g/mol. The predicted octanol–water partition coefficient (Wildman–Crippen LogP) is 4.72. The van der Waals surface area contributed by atoms with Gasteiger partial charge in [-0.1, -0.05) is 7.66 Å². The first-order valence-corrected chi connectivity index (χ1v) is 13.0. The predicted molar refractivity (Wildman–Crippen MR) is 121 cm³/mol. The fourth-order valence-corrected chi connectivity index (χ4v) is 6.94. The van der Waals surface area contributed by atoms with E-state index in [4.69, 9.17) is 0 Å². The molecule has 1 saturated heterocycles. The standard InChI is InChI=1S/C20H22F3IN4S/c1-26(2)13-4-5-16-17(11-13)29(24)18-12-14(28-8-6-27(3)7-9-28)10-15(19(18)25-16)20(21,22)23/h4-5,10-12H,6-9H2,1-3H3. The minimum absolute atomic E-state index is 0.0678. The second-order valence-electron chi connectivity index (χ2n) is 7.54. The molecular weight excluding hydrogens is 512 g/mol. The fourth-order valence-electron chi connectivity index (χ4n) is 3.56. The third-order valence-corrected chi connectivity index (χ3v) is 9.57. The van der Waals surface area contributed by atoms with Crippen LogP contribution in [0.5, 0.6) is 0 Å². The molecule has 0 aliphatic carbocycles. The lowest BCUT2D eigenvalue weighted by atomic mass is 10.1. The third-order valence-electron chi connectivity index (χ3n) is 5.31. The van der Waals surface area contributed by atoms with Crippen LogP contribution in [0.2, 0.25) is 0 Å². The summed E-state index contributed by atoms with van der Waals surface area (Å²) in [4.78, 5) is 11.4. The summed E-state index contributed by atoms with van der Waals surface area (Å²) in [6.45, 7) is 3.13. The molecule has 0 saturated carbocycles. The van der Waals surface area contributed by atoms with Crippen molar-refractivity contribution in [1.82, 2.24) is 4.90 Å². The van der Waals surface area contributed by atoms with Gasteiger partial charge in [0, 0.05) is 61.1 Å². The van der Waals surface area contributed by atoms with Crippen LogP contribution in [0.1, 0.15) is 5.56 Å². The molecule has 1 atom stereocenters. The number of piperazine rings is 1. The van der Waals surface area contributed by atoms with Crippen molar-refractivity contribution in [2.75, 3.05) is 57.1 Å². The number of nitrogens with zero attached hydrogens (tertiary/aromatic N) is 4. The Labute approximate surface area is 182 Å². The second-order valence-corrected chi connectivity index (χ2v) is 11.6. The molecule has 2 aromatic rings. The highest BCUT2D eigenvalue weighted by Crippen LogP contribution is 2.51. The quantitative estimate of drug-likeness (QED) is 0.412. The number of hydrogen-bond acceptors (Lipinski definition) is 4. The third kappa shape index (κ3) is 4.00. The van der Waals surface area contributed by atoms with Crippen molar-refractivity contribution in [1.29, 1.82) is 0 Å². The van der Waals surface area contributed by atoms with Gasteiger partial charge in [-0.2, -0.15) is 13.2 Å². The van der Waals surface area contributed by atoms with E-state index in [9.17, 15) is 13.2 Å². The largest absolute Gasteiger partial charge is 0.418 e. The highest BCUT2D eigenvalue weighted by Gasteiger charge is 2.37. The van der Waals surface area contributed by atoms with Crippen molar-refractivity contribution in [3.05, 3.63) is 45.8 Å². The highest BCUT2D eigenvalue weighted by molar-refractivity contribution is 14.2. The van der Waals surface area contributed by atoms with Crippen molar-refractivity contribution in [3.63, 3.8) is 0 Å². The van der Waals surface area contributed by atoms with Gasteiger partial charge in [-0.3, -0.25) is 0 Å². The van der Waals surface area contributed by atoms with Crippen LogP contribution >= 0.6 is 28.9 Å². The average Bonchev–Trinajstić information content (AvgIpc) is 2.67. The molecule has 2 aliphatic heterocycles. The topological polar surface area (TPSA) is 22.1 Å². The maximum Gasteiger partial charge on any atom is 0.418 e. The van der Waals surface area contributed by atoms with Gasteiger partial charge in [0.2, 0.25) is 0 Å². The van der Waals surface area contributed by atoms with Crippen molar-refractivity contribution in [3.8, 4) is 0 Å². The molecule has 0 N–H and O–H groups in total. The number of alkyl halides is 3. The van der Waals surface area contributed by atoms with E-state index < -0.39 is 19.4 Å². The Morgan fingerprint density at radius 2 is 1.76 bits per heavy atom. The first-order valence-electron chi connectivity index (χ1n) is 9.27. The molecule has 0 radical (unpaired) electrons. The van der Waals surface area contributed by atoms with Crippen molar-refractivity contribution >= 4 is 45.9 Å². The number of likely N-dealkylation sites (N-methyl/N-ethyl adjacent to an activating group) is 1. The summed E-state index contributed by atoms with van der Waals surface area (Å²) in [7, 11) is 5.42. The van der Waals surface area contributed by atoms with Gasteiger partial charge in [0.05, 0.1) is 16.6 Å². The van der Waals surface area contributed by atoms with Gasteiger partial charge in [-0.15, -0.1) is 0 Å². The smallest absolute Gasteiger partial charge is 0.378 e. The van der Waals surface area contributed by atoms with E-state index >= 15 is 0 Å². The minimum Gasteiger partial charge on any atom is -0.378 e. The molecule has 29 heavy (non-hydrogen) atoms. The molecule has 2 aromatic carbocycles. The Hall–Kier alpha value is -1.33. The molecule has 2 aliphatic rings. The molecule has 2 heterocycles. The second kappa shape index (κ2) is 7.73. The maximum atomic E-state index is 14.0. The van der Waals surface area contributed by atoms with Gasteiger partial charge in [0.25, 0.3) is 0 Å². The fraction of sp³-hybridized carbons (Fsp3) is 0.400. The van der Waals surface area contributed by atoms with E-state index in [2.05, 4.69) is 36.0 Å². The number of hydrogen-bond donors (Lipinski definition) is 0. The van der Waals surface area contributed by atoms with Crippen LogP contribution in [-0.2, 0) is 6.18 Å². The molecule has 4 rings (SSSR count). The summed E-state index contributed by atoms with van der Waals surface area (Å²) in [5.41, 5.74) is 1.09. The molecular formula is C20H22F3IN4S. The molecule has 9 heteroatoms.